The number of aliphatic hydroxyl groups is 1. The smallest absolute Gasteiger partial charge is 0.281 e. The monoisotopic (exact) mass is 400 g/mol. The van der Waals surface area contributed by atoms with E-state index in [2.05, 4.69) is 10.2 Å². The molecule has 4 rings (SSSR count). The first kappa shape index (κ1) is 18.1. The first-order valence-corrected chi connectivity index (χ1v) is 9.55. The maximum Gasteiger partial charge on any atom is 0.281 e. The zero-order valence-electron chi connectivity index (χ0n) is 14.2. The second kappa shape index (κ2) is 7.74. The lowest BCUT2D eigenvalue weighted by Crippen LogP contribution is -2.20. The summed E-state index contributed by atoms with van der Waals surface area (Å²) < 4.78 is 5.70. The molecule has 0 spiro atoms. The van der Waals surface area contributed by atoms with Gasteiger partial charge in [0.2, 0.25) is 5.89 Å². The lowest BCUT2D eigenvalue weighted by atomic mass is 10.2. The molecule has 0 saturated heterocycles. The van der Waals surface area contributed by atoms with Gasteiger partial charge in [-0.15, -0.1) is 10.2 Å². The van der Waals surface area contributed by atoms with Gasteiger partial charge in [-0.25, -0.2) is 0 Å². The van der Waals surface area contributed by atoms with Crippen molar-refractivity contribution in [2.75, 3.05) is 11.4 Å². The van der Waals surface area contributed by atoms with Crippen LogP contribution in [0.1, 0.15) is 5.56 Å². The highest BCUT2D eigenvalue weighted by atomic mass is 35.5. The fourth-order valence-electron chi connectivity index (χ4n) is 2.76. The molecule has 27 heavy (non-hydrogen) atoms. The van der Waals surface area contributed by atoms with Crippen molar-refractivity contribution in [3.05, 3.63) is 70.2 Å². The zero-order chi connectivity index (χ0) is 18.8. The zero-order valence-corrected chi connectivity index (χ0v) is 15.8. The average Bonchev–Trinajstić information content (AvgIpc) is 3.30. The fourth-order valence-corrected chi connectivity index (χ4v) is 3.77. The Hall–Kier alpha value is -2.32. The van der Waals surface area contributed by atoms with Crippen LogP contribution in [-0.2, 0) is 6.54 Å². The predicted molar refractivity (Wildman–Crippen MR) is 106 cm³/mol. The minimum atomic E-state index is -0.625. The Bertz CT molecular complexity index is 974. The van der Waals surface area contributed by atoms with Crippen molar-refractivity contribution >= 4 is 29.1 Å². The molecule has 1 unspecified atom stereocenters. The number of hydrogen-bond acceptors (Lipinski definition) is 7. The summed E-state index contributed by atoms with van der Waals surface area (Å²) in [5.74, 6) is 0.352. The van der Waals surface area contributed by atoms with Crippen molar-refractivity contribution in [3.8, 4) is 11.5 Å². The highest BCUT2D eigenvalue weighted by Crippen LogP contribution is 2.36. The maximum atomic E-state index is 10.4. The predicted octanol–water partition coefficient (Wildman–Crippen LogP) is 3.66. The third-order valence-corrected chi connectivity index (χ3v) is 5.48. The van der Waals surface area contributed by atoms with Gasteiger partial charge >= 0.3 is 0 Å². The molecule has 0 saturated carbocycles. The SMILES string of the molecule is NCc1ccc(N2C=C(Sc3nnc(-c4ccccc4Cl)o3)C(O)C2)cc1. The summed E-state index contributed by atoms with van der Waals surface area (Å²) in [6, 6.07) is 15.2. The van der Waals surface area contributed by atoms with E-state index in [0.717, 1.165) is 16.2 Å². The number of aliphatic hydroxyl groups excluding tert-OH is 1. The molecule has 0 aliphatic carbocycles. The molecule has 3 N–H and O–H groups in total. The van der Waals surface area contributed by atoms with Gasteiger partial charge in [0.05, 0.1) is 17.1 Å². The Kier molecular flexibility index (Phi) is 5.18. The highest BCUT2D eigenvalue weighted by Gasteiger charge is 2.26. The van der Waals surface area contributed by atoms with Crippen LogP contribution in [0.3, 0.4) is 0 Å². The number of thioether (sulfide) groups is 1. The topological polar surface area (TPSA) is 88.4 Å². The van der Waals surface area contributed by atoms with Crippen LogP contribution in [0, 0.1) is 0 Å². The molecule has 138 valence electrons. The van der Waals surface area contributed by atoms with Gasteiger partial charge < -0.3 is 20.2 Å². The van der Waals surface area contributed by atoms with Crippen molar-refractivity contribution in [1.82, 2.24) is 10.2 Å². The lowest BCUT2D eigenvalue weighted by molar-refractivity contribution is 0.235. The van der Waals surface area contributed by atoms with Crippen LogP contribution in [0.2, 0.25) is 5.02 Å². The third kappa shape index (κ3) is 3.86. The van der Waals surface area contributed by atoms with Gasteiger partial charge in [-0.2, -0.15) is 0 Å². The van der Waals surface area contributed by atoms with Gasteiger partial charge in [-0.3, -0.25) is 0 Å². The van der Waals surface area contributed by atoms with Crippen LogP contribution in [0.5, 0.6) is 0 Å². The molecular formula is C19H17ClN4O2S. The second-order valence-corrected chi connectivity index (χ2v) is 7.46. The molecular weight excluding hydrogens is 384 g/mol. The van der Waals surface area contributed by atoms with Gasteiger partial charge in [0, 0.05) is 23.3 Å². The Labute approximate surface area is 165 Å². The fraction of sp³-hybridized carbons (Fsp3) is 0.158. The largest absolute Gasteiger partial charge is 0.411 e. The van der Waals surface area contributed by atoms with Crippen molar-refractivity contribution < 1.29 is 9.52 Å². The van der Waals surface area contributed by atoms with E-state index >= 15 is 0 Å². The summed E-state index contributed by atoms with van der Waals surface area (Å²) in [4.78, 5) is 2.73. The molecule has 0 amide bonds. The van der Waals surface area contributed by atoms with Gasteiger partial charge in [-0.05, 0) is 41.6 Å². The van der Waals surface area contributed by atoms with E-state index in [9.17, 15) is 5.11 Å². The summed E-state index contributed by atoms with van der Waals surface area (Å²) in [6.07, 6.45) is 1.27. The van der Waals surface area contributed by atoms with Crippen molar-refractivity contribution in [2.24, 2.45) is 5.73 Å². The molecule has 0 radical (unpaired) electrons. The van der Waals surface area contributed by atoms with Crippen LogP contribution in [0.4, 0.5) is 5.69 Å². The van der Waals surface area contributed by atoms with Gasteiger partial charge in [0.25, 0.3) is 5.22 Å². The minimum Gasteiger partial charge on any atom is -0.411 e. The Morgan fingerprint density at radius 1 is 1.19 bits per heavy atom. The first-order valence-electron chi connectivity index (χ1n) is 8.36. The van der Waals surface area contributed by atoms with E-state index in [1.54, 1.807) is 6.07 Å². The quantitative estimate of drug-likeness (QED) is 0.675. The number of benzene rings is 2. The van der Waals surface area contributed by atoms with Gasteiger partial charge in [-0.1, -0.05) is 35.9 Å². The average molecular weight is 401 g/mol. The Morgan fingerprint density at radius 3 is 2.70 bits per heavy atom. The summed E-state index contributed by atoms with van der Waals surface area (Å²) in [5, 5.41) is 19.4. The summed E-state index contributed by atoms with van der Waals surface area (Å²) in [5.41, 5.74) is 8.37. The van der Waals surface area contributed by atoms with E-state index in [-0.39, 0.29) is 0 Å². The number of halogens is 1. The normalized spacial score (nSPS) is 16.6. The van der Waals surface area contributed by atoms with Gasteiger partial charge in [0.15, 0.2) is 0 Å². The third-order valence-electron chi connectivity index (χ3n) is 4.20. The molecule has 0 fully saturated rings. The summed E-state index contributed by atoms with van der Waals surface area (Å²) in [7, 11) is 0. The van der Waals surface area contributed by atoms with Crippen molar-refractivity contribution in [1.29, 1.82) is 0 Å². The number of nitrogens with zero attached hydrogens (tertiary/aromatic N) is 3. The molecule has 1 atom stereocenters. The number of hydrogen-bond donors (Lipinski definition) is 2. The van der Waals surface area contributed by atoms with Gasteiger partial charge in [0.1, 0.15) is 6.10 Å². The number of rotatable bonds is 5. The standard InChI is InChI=1S/C19H17ClN4O2S/c20-15-4-2-1-3-14(15)18-22-23-19(26-18)27-17-11-24(10-16(17)25)13-7-5-12(9-21)6-8-13/h1-8,11,16,25H,9-10,21H2. The van der Waals surface area contributed by atoms with E-state index in [1.165, 1.54) is 11.8 Å². The van der Waals surface area contributed by atoms with E-state index < -0.39 is 6.10 Å². The van der Waals surface area contributed by atoms with Crippen molar-refractivity contribution in [3.63, 3.8) is 0 Å². The Balaban J connectivity index is 1.51. The summed E-state index contributed by atoms with van der Waals surface area (Å²) in [6.45, 7) is 0.973. The van der Waals surface area contributed by atoms with E-state index in [0.29, 0.717) is 34.8 Å². The highest BCUT2D eigenvalue weighted by molar-refractivity contribution is 8.02. The minimum absolute atomic E-state index is 0.352. The Morgan fingerprint density at radius 2 is 1.96 bits per heavy atom. The molecule has 1 aliphatic rings. The lowest BCUT2D eigenvalue weighted by Gasteiger charge is -2.16. The number of aromatic nitrogens is 2. The van der Waals surface area contributed by atoms with Crippen LogP contribution in [0.25, 0.3) is 11.5 Å². The molecule has 2 aromatic carbocycles. The molecule has 8 heteroatoms. The van der Waals surface area contributed by atoms with Crippen LogP contribution in [0.15, 0.2) is 69.3 Å². The van der Waals surface area contributed by atoms with E-state index in [1.807, 2.05) is 53.6 Å². The van der Waals surface area contributed by atoms with E-state index in [4.69, 9.17) is 21.8 Å². The molecule has 3 aromatic rings. The van der Waals surface area contributed by atoms with Crippen molar-refractivity contribution in [2.45, 2.75) is 17.9 Å². The molecule has 1 aliphatic heterocycles. The molecule has 2 heterocycles. The van der Waals surface area contributed by atoms with Crippen LogP contribution in [-0.4, -0.2) is 28.0 Å². The second-order valence-electron chi connectivity index (χ2n) is 6.03. The number of β-amino-alcohol motifs (C(OH)–C–C–N with tert-alkyl or cyclic N) is 1. The molecule has 0 bridgehead atoms. The number of anilines is 1. The van der Waals surface area contributed by atoms with Crippen LogP contribution < -0.4 is 10.6 Å². The summed E-state index contributed by atoms with van der Waals surface area (Å²) >= 11 is 7.42. The van der Waals surface area contributed by atoms with Crippen LogP contribution >= 0.6 is 23.4 Å². The maximum absolute atomic E-state index is 10.4. The first-order chi connectivity index (χ1) is 13.1. The molecule has 6 nitrogen and oxygen atoms in total. The number of nitrogens with two attached hydrogens (primary N) is 1. The molecule has 1 aromatic heterocycles.